The topological polar surface area (TPSA) is 82.6 Å². The number of rotatable bonds is 7. The third-order valence-electron chi connectivity index (χ3n) is 5.67. The number of benzene rings is 2. The second kappa shape index (κ2) is 9.69. The molecule has 2 aromatic carbocycles. The summed E-state index contributed by atoms with van der Waals surface area (Å²) in [7, 11) is 1.37. The highest BCUT2D eigenvalue weighted by Crippen LogP contribution is 2.33. The Morgan fingerprint density at radius 3 is 2.62 bits per heavy atom. The van der Waals surface area contributed by atoms with Crippen LogP contribution in [0.25, 0.3) is 21.6 Å². The van der Waals surface area contributed by atoms with E-state index >= 15 is 0 Å². The van der Waals surface area contributed by atoms with Crippen molar-refractivity contribution in [2.75, 3.05) is 32.2 Å². The zero-order chi connectivity index (χ0) is 23.5. The standard InChI is InChI=1S/C26H25N3O4S/c1-3-19-15-20-24(27-11-10-16-4-9-21-22(14-16)33-13-12-32-21)28-23(29-25(20)34-19)17-5-7-18(8-6-17)26(30)31-2/h4-9,14-15H,3,10-13H2,1-2H3,(H,27,28,29). The number of aryl methyl sites for hydroxylation is 1. The van der Waals surface area contributed by atoms with E-state index in [2.05, 4.69) is 24.4 Å². The summed E-state index contributed by atoms with van der Waals surface area (Å²) in [6.07, 6.45) is 1.76. The summed E-state index contributed by atoms with van der Waals surface area (Å²) in [5, 5.41) is 4.54. The van der Waals surface area contributed by atoms with Gasteiger partial charge in [0.05, 0.1) is 18.1 Å². The van der Waals surface area contributed by atoms with Crippen molar-refractivity contribution in [3.63, 3.8) is 0 Å². The summed E-state index contributed by atoms with van der Waals surface area (Å²) in [6, 6.07) is 15.4. The van der Waals surface area contributed by atoms with Gasteiger partial charge in [0.2, 0.25) is 0 Å². The fraction of sp³-hybridized carbons (Fsp3) is 0.269. The Balaban J connectivity index is 1.39. The first-order chi connectivity index (χ1) is 16.6. The van der Waals surface area contributed by atoms with Gasteiger partial charge in [-0.3, -0.25) is 0 Å². The maximum Gasteiger partial charge on any atom is 0.337 e. The predicted molar refractivity (Wildman–Crippen MR) is 133 cm³/mol. The lowest BCUT2D eigenvalue weighted by Gasteiger charge is -2.19. The molecule has 0 spiro atoms. The molecule has 1 aliphatic heterocycles. The molecule has 0 fully saturated rings. The molecule has 34 heavy (non-hydrogen) atoms. The average molecular weight is 476 g/mol. The highest BCUT2D eigenvalue weighted by atomic mass is 32.1. The minimum atomic E-state index is -0.365. The van der Waals surface area contributed by atoms with Gasteiger partial charge in [-0.15, -0.1) is 11.3 Å². The van der Waals surface area contributed by atoms with Crippen molar-refractivity contribution in [3.8, 4) is 22.9 Å². The van der Waals surface area contributed by atoms with Crippen LogP contribution >= 0.6 is 11.3 Å². The first-order valence-corrected chi connectivity index (χ1v) is 12.1. The van der Waals surface area contributed by atoms with Crippen molar-refractivity contribution in [2.45, 2.75) is 19.8 Å². The SMILES string of the molecule is CCc1cc2c(NCCc3ccc4c(c3)OCCO4)nc(-c3ccc(C(=O)OC)cc3)nc2s1. The van der Waals surface area contributed by atoms with E-state index in [9.17, 15) is 4.79 Å². The van der Waals surface area contributed by atoms with E-state index < -0.39 is 0 Å². The number of carbonyl (C=O) groups excluding carboxylic acids is 1. The van der Waals surface area contributed by atoms with Crippen LogP contribution in [0.4, 0.5) is 5.82 Å². The van der Waals surface area contributed by atoms with Crippen LogP contribution in [0, 0.1) is 0 Å². The van der Waals surface area contributed by atoms with Crippen molar-refractivity contribution >= 4 is 33.3 Å². The number of hydrogen-bond donors (Lipinski definition) is 1. The highest BCUT2D eigenvalue weighted by molar-refractivity contribution is 7.18. The number of methoxy groups -OCH3 is 1. The van der Waals surface area contributed by atoms with E-state index in [1.165, 1.54) is 17.6 Å². The molecule has 174 valence electrons. The van der Waals surface area contributed by atoms with Crippen LogP contribution in [0.2, 0.25) is 0 Å². The number of nitrogens with one attached hydrogen (secondary N) is 1. The highest BCUT2D eigenvalue weighted by Gasteiger charge is 2.15. The molecular formula is C26H25N3O4S. The molecule has 0 saturated carbocycles. The Morgan fingerprint density at radius 1 is 1.06 bits per heavy atom. The Kier molecular flexibility index (Phi) is 6.31. The quantitative estimate of drug-likeness (QED) is 0.371. The number of aromatic nitrogens is 2. The monoisotopic (exact) mass is 475 g/mol. The number of fused-ring (bicyclic) bond motifs is 2. The van der Waals surface area contributed by atoms with Gasteiger partial charge in [-0.05, 0) is 48.7 Å². The molecule has 0 radical (unpaired) electrons. The van der Waals surface area contributed by atoms with E-state index in [1.807, 2.05) is 24.3 Å². The van der Waals surface area contributed by atoms with Crippen LogP contribution in [-0.4, -0.2) is 42.8 Å². The van der Waals surface area contributed by atoms with Crippen molar-refractivity contribution in [3.05, 3.63) is 64.5 Å². The molecule has 0 aliphatic carbocycles. The van der Waals surface area contributed by atoms with Crippen LogP contribution < -0.4 is 14.8 Å². The first-order valence-electron chi connectivity index (χ1n) is 11.3. The minimum absolute atomic E-state index is 0.365. The summed E-state index contributed by atoms with van der Waals surface area (Å²) in [5.41, 5.74) is 2.51. The van der Waals surface area contributed by atoms with Gasteiger partial charge in [0.25, 0.3) is 0 Å². The molecule has 0 unspecified atom stereocenters. The van der Waals surface area contributed by atoms with E-state index in [0.29, 0.717) is 31.1 Å². The molecule has 3 heterocycles. The van der Waals surface area contributed by atoms with Gasteiger partial charge in [-0.25, -0.2) is 14.8 Å². The van der Waals surface area contributed by atoms with Crippen molar-refractivity contribution in [2.24, 2.45) is 0 Å². The molecule has 1 N–H and O–H groups in total. The summed E-state index contributed by atoms with van der Waals surface area (Å²) in [6.45, 7) is 4.02. The summed E-state index contributed by atoms with van der Waals surface area (Å²) < 4.78 is 16.1. The van der Waals surface area contributed by atoms with Crippen LogP contribution in [0.3, 0.4) is 0 Å². The number of nitrogens with zero attached hydrogens (tertiary/aromatic N) is 2. The Hall–Kier alpha value is -3.65. The molecule has 0 saturated heterocycles. The third kappa shape index (κ3) is 4.54. The molecule has 0 amide bonds. The van der Waals surface area contributed by atoms with E-state index in [1.54, 1.807) is 23.5 Å². The third-order valence-corrected chi connectivity index (χ3v) is 6.84. The molecular weight excluding hydrogens is 450 g/mol. The Labute approximate surface area is 201 Å². The lowest BCUT2D eigenvalue weighted by atomic mass is 10.1. The Morgan fingerprint density at radius 2 is 1.85 bits per heavy atom. The molecule has 8 heteroatoms. The van der Waals surface area contributed by atoms with Crippen molar-refractivity contribution < 1.29 is 19.0 Å². The number of thiophene rings is 1. The molecule has 0 bridgehead atoms. The van der Waals surface area contributed by atoms with Crippen molar-refractivity contribution in [1.29, 1.82) is 0 Å². The van der Waals surface area contributed by atoms with Gasteiger partial charge in [0.1, 0.15) is 23.9 Å². The van der Waals surface area contributed by atoms with Crippen molar-refractivity contribution in [1.82, 2.24) is 9.97 Å². The molecule has 4 aromatic rings. The number of esters is 1. The largest absolute Gasteiger partial charge is 0.486 e. The zero-order valence-electron chi connectivity index (χ0n) is 19.1. The molecule has 7 nitrogen and oxygen atoms in total. The summed E-state index contributed by atoms with van der Waals surface area (Å²) >= 11 is 1.68. The van der Waals surface area contributed by atoms with E-state index in [4.69, 9.17) is 24.2 Å². The number of carbonyl (C=O) groups is 1. The van der Waals surface area contributed by atoms with Gasteiger partial charge in [-0.1, -0.05) is 25.1 Å². The molecule has 2 aromatic heterocycles. The fourth-order valence-electron chi connectivity index (χ4n) is 3.85. The lowest BCUT2D eigenvalue weighted by Crippen LogP contribution is -2.15. The van der Waals surface area contributed by atoms with Crippen LogP contribution in [0.15, 0.2) is 48.5 Å². The van der Waals surface area contributed by atoms with Gasteiger partial charge in [0, 0.05) is 17.0 Å². The number of anilines is 1. The minimum Gasteiger partial charge on any atom is -0.486 e. The smallest absolute Gasteiger partial charge is 0.337 e. The van der Waals surface area contributed by atoms with Gasteiger partial charge in [0.15, 0.2) is 17.3 Å². The Bertz CT molecular complexity index is 1330. The van der Waals surface area contributed by atoms with Crippen LogP contribution in [-0.2, 0) is 17.6 Å². The number of ether oxygens (including phenoxy) is 3. The van der Waals surface area contributed by atoms with E-state index in [0.717, 1.165) is 45.9 Å². The summed E-state index contributed by atoms with van der Waals surface area (Å²) in [5.74, 6) is 2.67. The van der Waals surface area contributed by atoms with Crippen LogP contribution in [0.1, 0.15) is 27.7 Å². The maximum absolute atomic E-state index is 11.8. The lowest BCUT2D eigenvalue weighted by molar-refractivity contribution is 0.0600. The van der Waals surface area contributed by atoms with Crippen LogP contribution in [0.5, 0.6) is 11.5 Å². The second-order valence-corrected chi connectivity index (χ2v) is 9.02. The fourth-order valence-corrected chi connectivity index (χ4v) is 4.82. The average Bonchev–Trinajstić information content (AvgIpc) is 3.32. The van der Waals surface area contributed by atoms with Gasteiger partial charge >= 0.3 is 5.97 Å². The zero-order valence-corrected chi connectivity index (χ0v) is 19.9. The predicted octanol–water partition coefficient (Wildman–Crippen LogP) is 5.13. The van der Waals surface area contributed by atoms with E-state index in [-0.39, 0.29) is 5.97 Å². The first kappa shape index (κ1) is 22.2. The molecule has 1 aliphatic rings. The second-order valence-electron chi connectivity index (χ2n) is 7.90. The van der Waals surface area contributed by atoms with Gasteiger partial charge in [-0.2, -0.15) is 0 Å². The molecule has 5 rings (SSSR count). The van der Waals surface area contributed by atoms with Gasteiger partial charge < -0.3 is 19.5 Å². The maximum atomic E-state index is 11.8. The summed E-state index contributed by atoms with van der Waals surface area (Å²) in [4.78, 5) is 23.6. The molecule has 0 atom stereocenters. The normalized spacial score (nSPS) is 12.5. The number of hydrogen-bond acceptors (Lipinski definition) is 8.